The second kappa shape index (κ2) is 4.01. The Labute approximate surface area is 89.7 Å². The molecule has 6 heteroatoms. The zero-order valence-electron chi connectivity index (χ0n) is 8.00. The molecule has 0 spiro atoms. The molecule has 2 rings (SSSR count). The lowest BCUT2D eigenvalue weighted by atomic mass is 10.1. The van der Waals surface area contributed by atoms with Gasteiger partial charge in [-0.2, -0.15) is 4.39 Å². The monoisotopic (exact) mass is 219 g/mol. The Kier molecular flexibility index (Phi) is 2.55. The molecule has 16 heavy (non-hydrogen) atoms. The lowest BCUT2D eigenvalue weighted by Crippen LogP contribution is -1.98. The molecule has 0 aliphatic carbocycles. The maximum Gasteiger partial charge on any atom is 0.330 e. The maximum absolute atomic E-state index is 13.3. The topological polar surface area (TPSA) is 68.9 Å². The summed E-state index contributed by atoms with van der Waals surface area (Å²) in [6.45, 7) is 0. The predicted octanol–water partition coefficient (Wildman–Crippen LogP) is 2.19. The highest BCUT2D eigenvalue weighted by atomic mass is 19.1. The van der Waals surface area contributed by atoms with Gasteiger partial charge >= 0.3 is 5.69 Å². The number of rotatable bonds is 2. The Balaban J connectivity index is 2.66. The molecule has 0 unspecified atom stereocenters. The van der Waals surface area contributed by atoms with E-state index in [1.54, 1.807) is 12.1 Å². The largest absolute Gasteiger partial charge is 0.330 e. The summed E-state index contributed by atoms with van der Waals surface area (Å²) in [4.78, 5) is 17.5. The highest BCUT2D eigenvalue weighted by Gasteiger charge is 2.22. The van der Waals surface area contributed by atoms with Gasteiger partial charge in [0.05, 0.1) is 4.92 Å². The first-order valence-corrected chi connectivity index (χ1v) is 4.39. The zero-order chi connectivity index (χ0) is 11.5. The van der Waals surface area contributed by atoms with Gasteiger partial charge in [-0.1, -0.05) is 0 Å². The van der Waals surface area contributed by atoms with Crippen LogP contribution in [0.4, 0.5) is 10.1 Å². The van der Waals surface area contributed by atoms with Crippen molar-refractivity contribution in [2.75, 3.05) is 0 Å². The van der Waals surface area contributed by atoms with Crippen molar-refractivity contribution < 1.29 is 9.31 Å². The Hall–Kier alpha value is -2.37. The van der Waals surface area contributed by atoms with Gasteiger partial charge in [-0.05, 0) is 18.2 Å². The van der Waals surface area contributed by atoms with Gasteiger partial charge in [-0.3, -0.25) is 15.1 Å². The van der Waals surface area contributed by atoms with Crippen molar-refractivity contribution in [3.05, 3.63) is 52.7 Å². The summed E-state index contributed by atoms with van der Waals surface area (Å²) in [6, 6.07) is 4.14. The van der Waals surface area contributed by atoms with E-state index in [1.807, 2.05) is 0 Å². The summed E-state index contributed by atoms with van der Waals surface area (Å²) in [6.07, 6.45) is 4.11. The molecule has 0 N–H and O–H groups in total. The van der Waals surface area contributed by atoms with Gasteiger partial charge in [0.15, 0.2) is 5.69 Å². The Morgan fingerprint density at radius 1 is 1.31 bits per heavy atom. The predicted molar refractivity (Wildman–Crippen MR) is 54.1 cm³/mol. The number of nitrogens with zero attached hydrogens (tertiary/aromatic N) is 3. The van der Waals surface area contributed by atoms with Crippen molar-refractivity contribution in [3.63, 3.8) is 0 Å². The lowest BCUT2D eigenvalue weighted by molar-refractivity contribution is -0.387. The highest BCUT2D eigenvalue weighted by molar-refractivity contribution is 5.68. The summed E-state index contributed by atoms with van der Waals surface area (Å²) in [7, 11) is 0. The third kappa shape index (κ3) is 1.72. The van der Waals surface area contributed by atoms with E-state index >= 15 is 0 Å². The van der Waals surface area contributed by atoms with Crippen LogP contribution in [0.15, 0.2) is 36.8 Å². The van der Waals surface area contributed by atoms with E-state index in [2.05, 4.69) is 9.97 Å². The van der Waals surface area contributed by atoms with E-state index < -0.39 is 16.4 Å². The fourth-order valence-electron chi connectivity index (χ4n) is 1.32. The molecule has 2 aromatic heterocycles. The van der Waals surface area contributed by atoms with Gasteiger partial charge in [0.1, 0.15) is 0 Å². The Morgan fingerprint density at radius 2 is 2.12 bits per heavy atom. The third-order valence-corrected chi connectivity index (χ3v) is 1.99. The molecule has 2 aromatic rings. The first-order valence-electron chi connectivity index (χ1n) is 4.39. The molecule has 80 valence electrons. The van der Waals surface area contributed by atoms with Crippen molar-refractivity contribution in [2.45, 2.75) is 0 Å². The van der Waals surface area contributed by atoms with E-state index in [1.165, 1.54) is 18.6 Å². The highest BCUT2D eigenvalue weighted by Crippen LogP contribution is 2.28. The number of hydrogen-bond donors (Lipinski definition) is 0. The van der Waals surface area contributed by atoms with Crippen LogP contribution in [0.25, 0.3) is 11.3 Å². The van der Waals surface area contributed by atoms with Crippen LogP contribution in [0.5, 0.6) is 0 Å². The summed E-state index contributed by atoms with van der Waals surface area (Å²) in [5.41, 5.74) is -0.234. The second-order valence-corrected chi connectivity index (χ2v) is 2.99. The van der Waals surface area contributed by atoms with Crippen molar-refractivity contribution in [1.82, 2.24) is 9.97 Å². The quantitative estimate of drug-likeness (QED) is 0.573. The van der Waals surface area contributed by atoms with Gasteiger partial charge in [0, 0.05) is 24.2 Å². The third-order valence-electron chi connectivity index (χ3n) is 1.99. The van der Waals surface area contributed by atoms with E-state index in [0.29, 0.717) is 5.56 Å². The SMILES string of the molecule is O=[N+]([O-])c1c(F)ccnc1-c1cccnc1. The van der Waals surface area contributed by atoms with Gasteiger partial charge < -0.3 is 0 Å². The minimum Gasteiger partial charge on any atom is -0.264 e. The normalized spacial score (nSPS) is 10.1. The summed E-state index contributed by atoms with van der Waals surface area (Å²) >= 11 is 0. The van der Waals surface area contributed by atoms with E-state index in [4.69, 9.17) is 0 Å². The second-order valence-electron chi connectivity index (χ2n) is 2.99. The maximum atomic E-state index is 13.3. The van der Waals surface area contributed by atoms with Crippen LogP contribution in [0.1, 0.15) is 0 Å². The molecular weight excluding hydrogens is 213 g/mol. The van der Waals surface area contributed by atoms with Crippen LogP contribution in [-0.2, 0) is 0 Å². The molecule has 0 aliphatic rings. The smallest absolute Gasteiger partial charge is 0.264 e. The van der Waals surface area contributed by atoms with Crippen molar-refractivity contribution >= 4 is 5.69 Å². The number of halogens is 1. The van der Waals surface area contributed by atoms with Gasteiger partial charge in [-0.15, -0.1) is 0 Å². The Morgan fingerprint density at radius 3 is 2.75 bits per heavy atom. The molecule has 0 atom stereocenters. The van der Waals surface area contributed by atoms with E-state index in [-0.39, 0.29) is 5.69 Å². The average molecular weight is 219 g/mol. The number of hydrogen-bond acceptors (Lipinski definition) is 4. The average Bonchev–Trinajstić information content (AvgIpc) is 2.29. The fourth-order valence-corrected chi connectivity index (χ4v) is 1.32. The Bertz CT molecular complexity index is 531. The van der Waals surface area contributed by atoms with Gasteiger partial charge in [0.25, 0.3) is 0 Å². The minimum atomic E-state index is -0.904. The van der Waals surface area contributed by atoms with E-state index in [0.717, 1.165) is 6.07 Å². The number of pyridine rings is 2. The zero-order valence-corrected chi connectivity index (χ0v) is 8.00. The molecule has 0 saturated carbocycles. The van der Waals surface area contributed by atoms with Crippen molar-refractivity contribution in [1.29, 1.82) is 0 Å². The first-order chi connectivity index (χ1) is 7.70. The van der Waals surface area contributed by atoms with Crippen LogP contribution in [0.3, 0.4) is 0 Å². The van der Waals surface area contributed by atoms with Crippen molar-refractivity contribution in [2.24, 2.45) is 0 Å². The van der Waals surface area contributed by atoms with Gasteiger partial charge in [0.2, 0.25) is 5.82 Å². The lowest BCUT2D eigenvalue weighted by Gasteiger charge is -2.01. The molecular formula is C10H6FN3O2. The standard InChI is InChI=1S/C10H6FN3O2/c11-8-3-5-13-9(10(8)14(15)16)7-2-1-4-12-6-7/h1-6H. The van der Waals surface area contributed by atoms with Crippen LogP contribution in [0, 0.1) is 15.9 Å². The van der Waals surface area contributed by atoms with Crippen LogP contribution in [0.2, 0.25) is 0 Å². The summed E-state index contributed by atoms with van der Waals surface area (Å²) < 4.78 is 13.3. The number of aromatic nitrogens is 2. The molecule has 0 bridgehead atoms. The van der Waals surface area contributed by atoms with Crippen LogP contribution >= 0.6 is 0 Å². The van der Waals surface area contributed by atoms with Crippen LogP contribution in [-0.4, -0.2) is 14.9 Å². The molecule has 0 amide bonds. The van der Waals surface area contributed by atoms with Crippen molar-refractivity contribution in [3.8, 4) is 11.3 Å². The molecule has 0 aromatic carbocycles. The summed E-state index contributed by atoms with van der Waals surface area (Å²) in [5, 5.41) is 10.7. The first kappa shape index (κ1) is 10.2. The molecule has 0 fully saturated rings. The summed E-state index contributed by atoms with van der Waals surface area (Å²) in [5.74, 6) is -0.904. The van der Waals surface area contributed by atoms with E-state index in [9.17, 15) is 14.5 Å². The minimum absolute atomic E-state index is 0.0156. The molecule has 5 nitrogen and oxygen atoms in total. The molecule has 0 saturated heterocycles. The van der Waals surface area contributed by atoms with Gasteiger partial charge in [-0.25, -0.2) is 4.98 Å². The number of nitro groups is 1. The molecule has 2 heterocycles. The molecule has 0 radical (unpaired) electrons. The fraction of sp³-hybridized carbons (Fsp3) is 0. The molecule has 0 aliphatic heterocycles. The van der Waals surface area contributed by atoms with Crippen LogP contribution < -0.4 is 0 Å².